The van der Waals surface area contributed by atoms with Crippen molar-refractivity contribution >= 4 is 28.9 Å². The van der Waals surface area contributed by atoms with Crippen molar-refractivity contribution < 1.29 is 32.6 Å². The normalized spacial score (nSPS) is 11.2. The summed E-state index contributed by atoms with van der Waals surface area (Å²) in [5, 5.41) is 13.3. The van der Waals surface area contributed by atoms with Gasteiger partial charge in [0, 0.05) is 12.1 Å². The highest BCUT2D eigenvalue weighted by molar-refractivity contribution is 7.12. The number of carboxylic acids is 1. The van der Waals surface area contributed by atoms with Crippen molar-refractivity contribution in [3.63, 3.8) is 0 Å². The molecule has 0 fully saturated rings. The molecule has 0 bridgehead atoms. The second-order valence-electron chi connectivity index (χ2n) is 6.32. The Bertz CT molecular complexity index is 1040. The van der Waals surface area contributed by atoms with Crippen LogP contribution in [0.4, 0.5) is 18.9 Å². The summed E-state index contributed by atoms with van der Waals surface area (Å²) in [6, 6.07) is 14.0. The Labute approximate surface area is 173 Å². The van der Waals surface area contributed by atoms with E-state index in [1.807, 2.05) is 0 Å². The third-order valence-corrected chi connectivity index (χ3v) is 4.99. The number of halogens is 3. The van der Waals surface area contributed by atoms with Crippen molar-refractivity contribution in [2.75, 3.05) is 5.32 Å². The number of nitrogens with one attached hydrogen (secondary N) is 1. The lowest BCUT2D eigenvalue weighted by molar-refractivity contribution is -0.274. The van der Waals surface area contributed by atoms with Crippen molar-refractivity contribution in [2.45, 2.75) is 19.2 Å². The van der Waals surface area contributed by atoms with Crippen LogP contribution in [-0.2, 0) is 11.2 Å². The number of thiophene rings is 1. The van der Waals surface area contributed by atoms with Crippen LogP contribution >= 0.6 is 11.3 Å². The minimum absolute atomic E-state index is 0.00150. The minimum Gasteiger partial charge on any atom is -0.481 e. The molecule has 0 saturated heterocycles. The van der Waals surface area contributed by atoms with Gasteiger partial charge in [0.25, 0.3) is 5.91 Å². The van der Waals surface area contributed by atoms with Gasteiger partial charge in [0.15, 0.2) is 0 Å². The van der Waals surface area contributed by atoms with Gasteiger partial charge in [0.1, 0.15) is 5.75 Å². The highest BCUT2D eigenvalue weighted by Crippen LogP contribution is 2.29. The molecule has 0 aliphatic carbocycles. The van der Waals surface area contributed by atoms with Gasteiger partial charge in [-0.2, -0.15) is 0 Å². The fourth-order valence-electron chi connectivity index (χ4n) is 2.70. The molecule has 0 unspecified atom stereocenters. The summed E-state index contributed by atoms with van der Waals surface area (Å²) in [4.78, 5) is 23.6. The molecule has 1 amide bonds. The second kappa shape index (κ2) is 9.00. The van der Waals surface area contributed by atoms with Gasteiger partial charge in [-0.3, -0.25) is 9.59 Å². The van der Waals surface area contributed by atoms with E-state index in [0.29, 0.717) is 28.1 Å². The van der Waals surface area contributed by atoms with Crippen LogP contribution in [-0.4, -0.2) is 23.3 Å². The molecule has 30 heavy (non-hydrogen) atoms. The fraction of sp³-hybridized carbons (Fsp3) is 0.143. The smallest absolute Gasteiger partial charge is 0.481 e. The average Bonchev–Trinajstić information content (AvgIpc) is 3.16. The topological polar surface area (TPSA) is 75.6 Å². The lowest BCUT2D eigenvalue weighted by Crippen LogP contribution is -2.16. The first-order valence-electron chi connectivity index (χ1n) is 8.76. The van der Waals surface area contributed by atoms with Crippen molar-refractivity contribution in [1.29, 1.82) is 0 Å². The molecule has 3 aromatic rings. The molecule has 0 spiro atoms. The van der Waals surface area contributed by atoms with Crippen LogP contribution in [0.25, 0.3) is 11.1 Å². The number of anilines is 1. The predicted molar refractivity (Wildman–Crippen MR) is 107 cm³/mol. The van der Waals surface area contributed by atoms with Crippen molar-refractivity contribution in [3.8, 4) is 16.9 Å². The lowest BCUT2D eigenvalue weighted by atomic mass is 10.1. The van der Waals surface area contributed by atoms with Crippen LogP contribution in [0.1, 0.15) is 21.7 Å². The highest BCUT2D eigenvalue weighted by Gasteiger charge is 2.31. The Hall–Kier alpha value is -3.33. The molecule has 9 heteroatoms. The Morgan fingerprint density at radius 3 is 2.43 bits per heavy atom. The maximum absolute atomic E-state index is 12.5. The third-order valence-electron chi connectivity index (χ3n) is 4.06. The van der Waals surface area contributed by atoms with Gasteiger partial charge in [-0.05, 0) is 58.8 Å². The number of alkyl halides is 3. The van der Waals surface area contributed by atoms with E-state index in [9.17, 15) is 22.8 Å². The molecule has 2 aromatic carbocycles. The van der Waals surface area contributed by atoms with E-state index >= 15 is 0 Å². The van der Waals surface area contributed by atoms with Crippen LogP contribution in [0.5, 0.6) is 5.75 Å². The summed E-state index contributed by atoms with van der Waals surface area (Å²) in [6.07, 6.45) is -4.39. The van der Waals surface area contributed by atoms with E-state index < -0.39 is 12.3 Å². The molecule has 1 aromatic heterocycles. The maximum Gasteiger partial charge on any atom is 0.573 e. The zero-order chi connectivity index (χ0) is 21.7. The summed E-state index contributed by atoms with van der Waals surface area (Å²) in [6.45, 7) is 0. The molecular formula is C21H16F3NO4S. The SMILES string of the molecule is O=C(O)CCc1cccc(NC(=O)c2cc(-c3ccc(OC(F)(F)F)cc3)cs2)c1. The Morgan fingerprint density at radius 2 is 1.77 bits per heavy atom. The quantitative estimate of drug-likeness (QED) is 0.508. The number of aliphatic carboxylic acids is 1. The summed E-state index contributed by atoms with van der Waals surface area (Å²) in [5.41, 5.74) is 2.68. The van der Waals surface area contributed by atoms with Gasteiger partial charge in [0.2, 0.25) is 0 Å². The number of carbonyl (C=O) groups is 2. The lowest BCUT2D eigenvalue weighted by Gasteiger charge is -2.08. The molecule has 5 nitrogen and oxygen atoms in total. The van der Waals surface area contributed by atoms with E-state index in [-0.39, 0.29) is 18.1 Å². The Balaban J connectivity index is 1.66. The molecule has 2 N–H and O–H groups in total. The van der Waals surface area contributed by atoms with Gasteiger partial charge in [-0.1, -0.05) is 24.3 Å². The number of hydrogen-bond donors (Lipinski definition) is 2. The largest absolute Gasteiger partial charge is 0.573 e. The Morgan fingerprint density at radius 1 is 1.03 bits per heavy atom. The van der Waals surface area contributed by atoms with E-state index in [2.05, 4.69) is 10.1 Å². The van der Waals surface area contributed by atoms with Crippen LogP contribution < -0.4 is 10.1 Å². The molecule has 3 rings (SSSR count). The number of rotatable bonds is 7. The van der Waals surface area contributed by atoms with Crippen LogP contribution in [0.3, 0.4) is 0 Å². The van der Waals surface area contributed by atoms with E-state index in [1.165, 1.54) is 35.6 Å². The number of aryl methyl sites for hydroxylation is 1. The van der Waals surface area contributed by atoms with E-state index in [4.69, 9.17) is 5.11 Å². The first kappa shape index (κ1) is 21.4. The number of carboxylic acid groups (broad SMARTS) is 1. The minimum atomic E-state index is -4.75. The zero-order valence-electron chi connectivity index (χ0n) is 15.4. The average molecular weight is 435 g/mol. The monoisotopic (exact) mass is 435 g/mol. The van der Waals surface area contributed by atoms with E-state index in [1.54, 1.807) is 35.7 Å². The van der Waals surface area contributed by atoms with Crippen molar-refractivity contribution in [2.24, 2.45) is 0 Å². The molecule has 156 valence electrons. The number of benzene rings is 2. The number of amides is 1. The molecular weight excluding hydrogens is 419 g/mol. The summed E-state index contributed by atoms with van der Waals surface area (Å²) < 4.78 is 40.6. The van der Waals surface area contributed by atoms with Gasteiger partial charge < -0.3 is 15.2 Å². The van der Waals surface area contributed by atoms with Gasteiger partial charge in [0.05, 0.1) is 4.88 Å². The van der Waals surface area contributed by atoms with Gasteiger partial charge in [-0.15, -0.1) is 24.5 Å². The molecule has 1 heterocycles. The summed E-state index contributed by atoms with van der Waals surface area (Å²) >= 11 is 1.20. The molecule has 0 aliphatic rings. The van der Waals surface area contributed by atoms with Gasteiger partial charge >= 0.3 is 12.3 Å². The fourth-order valence-corrected chi connectivity index (χ4v) is 3.52. The number of carbonyl (C=O) groups excluding carboxylic acids is 1. The first-order chi connectivity index (χ1) is 14.2. The van der Waals surface area contributed by atoms with Gasteiger partial charge in [-0.25, -0.2) is 0 Å². The summed E-state index contributed by atoms with van der Waals surface area (Å²) in [7, 11) is 0. The van der Waals surface area contributed by atoms with Crippen LogP contribution in [0.2, 0.25) is 0 Å². The number of hydrogen-bond acceptors (Lipinski definition) is 4. The predicted octanol–water partition coefficient (Wildman–Crippen LogP) is 5.58. The highest BCUT2D eigenvalue weighted by atomic mass is 32.1. The third kappa shape index (κ3) is 6.08. The zero-order valence-corrected chi connectivity index (χ0v) is 16.2. The molecule has 0 radical (unpaired) electrons. The first-order valence-corrected chi connectivity index (χ1v) is 9.64. The summed E-state index contributed by atoms with van der Waals surface area (Å²) in [5.74, 6) is -1.55. The molecule has 0 saturated carbocycles. The maximum atomic E-state index is 12.5. The van der Waals surface area contributed by atoms with Crippen LogP contribution in [0.15, 0.2) is 60.0 Å². The second-order valence-corrected chi connectivity index (χ2v) is 7.23. The van der Waals surface area contributed by atoms with Crippen molar-refractivity contribution in [1.82, 2.24) is 0 Å². The Kier molecular flexibility index (Phi) is 6.41. The molecule has 0 atom stereocenters. The standard InChI is InChI=1S/C21H16F3NO4S/c22-21(23,24)29-17-7-5-14(6-8-17)15-11-18(30-12-15)20(28)25-16-3-1-2-13(10-16)4-9-19(26)27/h1-3,5-8,10-12H,4,9H2,(H,25,28)(H,26,27). The van der Waals surface area contributed by atoms with E-state index in [0.717, 1.165) is 5.56 Å². The van der Waals surface area contributed by atoms with Crippen LogP contribution in [0, 0.1) is 0 Å². The molecule has 0 aliphatic heterocycles. The van der Waals surface area contributed by atoms with Crippen molar-refractivity contribution in [3.05, 3.63) is 70.4 Å². The number of ether oxygens (including phenoxy) is 1.